The highest BCUT2D eigenvalue weighted by molar-refractivity contribution is 6.09. The molecule has 2 aromatic carbocycles. The lowest BCUT2D eigenvalue weighted by Crippen LogP contribution is -2.46. The van der Waals surface area contributed by atoms with Gasteiger partial charge in [0, 0.05) is 0 Å². The summed E-state index contributed by atoms with van der Waals surface area (Å²) in [6, 6.07) is 11.7. The number of hydrogen-bond donors (Lipinski definition) is 2. The number of rotatable bonds is 5. The summed E-state index contributed by atoms with van der Waals surface area (Å²) in [5.41, 5.74) is -0.781. The van der Waals surface area contributed by atoms with E-state index in [1.54, 1.807) is 37.3 Å². The first-order chi connectivity index (χ1) is 15.9. The second-order valence-electron chi connectivity index (χ2n) is 8.11. The zero-order chi connectivity index (χ0) is 23.0. The zero-order valence-electron chi connectivity index (χ0n) is 18.0. The van der Waals surface area contributed by atoms with E-state index in [0.717, 1.165) is 4.90 Å². The number of imide groups is 1. The molecule has 3 aliphatic rings. The van der Waals surface area contributed by atoms with E-state index in [-0.39, 0.29) is 19.3 Å². The lowest BCUT2D eigenvalue weighted by atomic mass is 9.91. The molecule has 3 heterocycles. The van der Waals surface area contributed by atoms with Crippen molar-refractivity contribution in [2.45, 2.75) is 18.6 Å². The Kier molecular flexibility index (Phi) is 5.20. The van der Waals surface area contributed by atoms with Gasteiger partial charge in [-0.2, -0.15) is 0 Å². The first-order valence-corrected chi connectivity index (χ1v) is 10.6. The molecule has 4 amide bonds. The molecule has 172 valence electrons. The Morgan fingerprint density at radius 2 is 1.79 bits per heavy atom. The maximum atomic E-state index is 13.1. The Hall–Kier alpha value is -3.95. The molecule has 2 N–H and O–H groups in total. The Morgan fingerprint density at radius 3 is 2.61 bits per heavy atom. The van der Waals surface area contributed by atoms with Gasteiger partial charge in [-0.1, -0.05) is 18.2 Å². The molecule has 0 saturated carbocycles. The molecule has 0 radical (unpaired) electrons. The molecular formula is C23H23N3O7. The van der Waals surface area contributed by atoms with Crippen LogP contribution in [0.5, 0.6) is 23.0 Å². The van der Waals surface area contributed by atoms with E-state index in [0.29, 0.717) is 41.8 Å². The first kappa shape index (κ1) is 20.9. The van der Waals surface area contributed by atoms with Crippen LogP contribution in [0, 0.1) is 0 Å². The summed E-state index contributed by atoms with van der Waals surface area (Å²) in [6.45, 7) is 2.50. The minimum atomic E-state index is -1.32. The molecule has 1 saturated heterocycles. The van der Waals surface area contributed by atoms with Gasteiger partial charge < -0.3 is 29.6 Å². The van der Waals surface area contributed by atoms with Gasteiger partial charge in [0.15, 0.2) is 23.0 Å². The van der Waals surface area contributed by atoms with E-state index >= 15 is 0 Å². The second-order valence-corrected chi connectivity index (χ2v) is 8.11. The predicted molar refractivity (Wildman–Crippen MR) is 114 cm³/mol. The fourth-order valence-corrected chi connectivity index (χ4v) is 3.98. The molecule has 0 aliphatic carbocycles. The van der Waals surface area contributed by atoms with Crippen molar-refractivity contribution in [2.75, 3.05) is 32.9 Å². The third kappa shape index (κ3) is 3.88. The average molecular weight is 453 g/mol. The van der Waals surface area contributed by atoms with Gasteiger partial charge in [-0.15, -0.1) is 0 Å². The molecule has 0 bridgehead atoms. The number of ether oxygens (including phenoxy) is 4. The highest BCUT2D eigenvalue weighted by atomic mass is 16.6. The smallest absolute Gasteiger partial charge is 0.325 e. The number of nitrogens with zero attached hydrogens (tertiary/aromatic N) is 1. The maximum Gasteiger partial charge on any atom is 0.325 e. The van der Waals surface area contributed by atoms with Crippen molar-refractivity contribution in [3.8, 4) is 23.0 Å². The normalized spacial score (nSPS) is 23.2. The van der Waals surface area contributed by atoms with Gasteiger partial charge in [-0.3, -0.25) is 14.5 Å². The van der Waals surface area contributed by atoms with Crippen molar-refractivity contribution in [3.63, 3.8) is 0 Å². The predicted octanol–water partition coefficient (Wildman–Crippen LogP) is 1.18. The number of carbonyl (C=O) groups excluding carboxylic acids is 3. The van der Waals surface area contributed by atoms with Crippen LogP contribution in [0.4, 0.5) is 4.79 Å². The standard InChI is InChI=1S/C23H23N3O7/c1-23(14-6-7-17-19(10-14)31-9-8-30-17)21(28)26(22(29)25-23)12-20(27)24-11-15-13-32-16-4-2-3-5-18(16)33-15/h2-7,10,15H,8-9,11-13H2,1H3,(H,24,27)(H,25,29)/t15-,23+/m0/s1. The Morgan fingerprint density at radius 1 is 1.06 bits per heavy atom. The number of fused-ring (bicyclic) bond motifs is 2. The van der Waals surface area contributed by atoms with Crippen LogP contribution in [-0.4, -0.2) is 61.8 Å². The van der Waals surface area contributed by atoms with E-state index in [4.69, 9.17) is 18.9 Å². The minimum Gasteiger partial charge on any atom is -0.486 e. The van der Waals surface area contributed by atoms with E-state index in [1.165, 1.54) is 0 Å². The van der Waals surface area contributed by atoms with Crippen molar-refractivity contribution in [3.05, 3.63) is 48.0 Å². The van der Waals surface area contributed by atoms with Crippen molar-refractivity contribution >= 4 is 17.8 Å². The van der Waals surface area contributed by atoms with Crippen molar-refractivity contribution in [1.82, 2.24) is 15.5 Å². The van der Waals surface area contributed by atoms with E-state index < -0.39 is 29.9 Å². The summed E-state index contributed by atoms with van der Waals surface area (Å²) >= 11 is 0. The molecule has 0 spiro atoms. The fourth-order valence-electron chi connectivity index (χ4n) is 3.98. The SMILES string of the molecule is C[C@]1(c2ccc3c(c2)OCCO3)NC(=O)N(CC(=O)NC[C@H]2COc3ccccc3O2)C1=O. The van der Waals surface area contributed by atoms with Crippen molar-refractivity contribution < 1.29 is 33.3 Å². The maximum absolute atomic E-state index is 13.1. The van der Waals surface area contributed by atoms with Crippen LogP contribution < -0.4 is 29.6 Å². The third-order valence-corrected chi connectivity index (χ3v) is 5.79. The Balaban J connectivity index is 1.21. The third-order valence-electron chi connectivity index (χ3n) is 5.79. The van der Waals surface area contributed by atoms with E-state index in [1.807, 2.05) is 12.1 Å². The zero-order valence-corrected chi connectivity index (χ0v) is 18.0. The lowest BCUT2D eigenvalue weighted by molar-refractivity contribution is -0.134. The number of urea groups is 1. The second kappa shape index (κ2) is 8.19. The molecule has 0 aromatic heterocycles. The number of para-hydroxylation sites is 2. The number of nitrogens with one attached hydrogen (secondary N) is 2. The number of hydrogen-bond acceptors (Lipinski definition) is 7. The van der Waals surface area contributed by atoms with Crippen LogP contribution in [0.15, 0.2) is 42.5 Å². The van der Waals surface area contributed by atoms with Gasteiger partial charge in [0.1, 0.15) is 38.0 Å². The molecule has 2 aromatic rings. The van der Waals surface area contributed by atoms with E-state index in [9.17, 15) is 14.4 Å². The summed E-state index contributed by atoms with van der Waals surface area (Å²) in [7, 11) is 0. The number of carbonyl (C=O) groups is 3. The van der Waals surface area contributed by atoms with Gasteiger partial charge in [-0.25, -0.2) is 4.79 Å². The lowest BCUT2D eigenvalue weighted by Gasteiger charge is -2.27. The Labute approximate surface area is 189 Å². The highest BCUT2D eigenvalue weighted by Gasteiger charge is 2.49. The van der Waals surface area contributed by atoms with Crippen LogP contribution in [0.2, 0.25) is 0 Å². The molecule has 10 heteroatoms. The molecule has 10 nitrogen and oxygen atoms in total. The molecule has 2 atom stereocenters. The Bertz CT molecular complexity index is 1120. The average Bonchev–Trinajstić information content (AvgIpc) is 3.06. The van der Waals surface area contributed by atoms with E-state index in [2.05, 4.69) is 10.6 Å². The molecule has 0 unspecified atom stereocenters. The summed E-state index contributed by atoms with van der Waals surface area (Å²) < 4.78 is 22.5. The first-order valence-electron chi connectivity index (χ1n) is 10.6. The summed E-state index contributed by atoms with van der Waals surface area (Å²) in [5, 5.41) is 5.40. The molecule has 33 heavy (non-hydrogen) atoms. The van der Waals surface area contributed by atoms with Crippen LogP contribution in [-0.2, 0) is 15.1 Å². The van der Waals surface area contributed by atoms with Gasteiger partial charge in [0.25, 0.3) is 5.91 Å². The van der Waals surface area contributed by atoms with Crippen LogP contribution >= 0.6 is 0 Å². The van der Waals surface area contributed by atoms with Crippen molar-refractivity contribution in [2.24, 2.45) is 0 Å². The van der Waals surface area contributed by atoms with Crippen LogP contribution in [0.25, 0.3) is 0 Å². The summed E-state index contributed by atoms with van der Waals surface area (Å²) in [5.74, 6) is 1.34. The molecular weight excluding hydrogens is 430 g/mol. The molecule has 1 fully saturated rings. The number of benzene rings is 2. The quantitative estimate of drug-likeness (QED) is 0.654. The van der Waals surface area contributed by atoms with Crippen molar-refractivity contribution in [1.29, 1.82) is 0 Å². The van der Waals surface area contributed by atoms with Gasteiger partial charge in [0.2, 0.25) is 5.91 Å². The monoisotopic (exact) mass is 453 g/mol. The van der Waals surface area contributed by atoms with Gasteiger partial charge >= 0.3 is 6.03 Å². The minimum absolute atomic E-state index is 0.177. The highest BCUT2D eigenvalue weighted by Crippen LogP contribution is 2.37. The van der Waals surface area contributed by atoms with Crippen LogP contribution in [0.3, 0.4) is 0 Å². The summed E-state index contributed by atoms with van der Waals surface area (Å²) in [4.78, 5) is 39.1. The van der Waals surface area contributed by atoms with Gasteiger partial charge in [0.05, 0.1) is 6.54 Å². The molecule has 3 aliphatic heterocycles. The fraction of sp³-hybridized carbons (Fsp3) is 0.348. The molecule has 5 rings (SSSR count). The largest absolute Gasteiger partial charge is 0.486 e. The number of amides is 4. The summed E-state index contributed by atoms with van der Waals surface area (Å²) in [6.07, 6.45) is -0.380. The topological polar surface area (TPSA) is 115 Å². The van der Waals surface area contributed by atoms with Gasteiger partial charge in [-0.05, 0) is 36.8 Å². The van der Waals surface area contributed by atoms with Crippen LogP contribution in [0.1, 0.15) is 12.5 Å².